The van der Waals surface area contributed by atoms with Gasteiger partial charge in [-0.25, -0.2) is 4.79 Å². The van der Waals surface area contributed by atoms with E-state index in [1.807, 2.05) is 0 Å². The van der Waals surface area contributed by atoms with Crippen molar-refractivity contribution in [3.63, 3.8) is 0 Å². The number of hydrogen-bond donors (Lipinski definition) is 3. The van der Waals surface area contributed by atoms with Crippen LogP contribution in [0, 0.1) is 10.1 Å². The van der Waals surface area contributed by atoms with Gasteiger partial charge in [0.05, 0.1) is 23.2 Å². The number of benzene rings is 4. The summed E-state index contributed by atoms with van der Waals surface area (Å²) in [5.74, 6) is -1.88. The van der Waals surface area contributed by atoms with Gasteiger partial charge >= 0.3 is 5.97 Å². The number of carbonyl (C=O) groups is 2. The maximum atomic E-state index is 13.0. The smallest absolute Gasteiger partial charge is 0.337 e. The number of carboxylic acid groups (broad SMARTS) is 1. The van der Waals surface area contributed by atoms with Gasteiger partial charge in [-0.05, 0) is 41.8 Å². The van der Waals surface area contributed by atoms with Crippen molar-refractivity contribution >= 4 is 45.4 Å². The highest BCUT2D eigenvalue weighted by Gasteiger charge is 2.20. The first-order valence-corrected chi connectivity index (χ1v) is 10.4. The molecule has 180 valence electrons. The van der Waals surface area contributed by atoms with Crippen molar-refractivity contribution in [2.45, 2.75) is 0 Å². The number of methoxy groups -OCH3 is 1. The Kier molecular flexibility index (Phi) is 6.55. The number of rotatable bonds is 7. The van der Waals surface area contributed by atoms with Gasteiger partial charge in [0.1, 0.15) is 17.1 Å². The number of carboxylic acids is 1. The number of aromatic carboxylic acids is 1. The molecule has 11 heteroatoms. The van der Waals surface area contributed by atoms with Gasteiger partial charge in [-0.1, -0.05) is 24.3 Å². The number of nitro benzene ring substituents is 1. The molecular formula is C25H18N4O7. The fourth-order valence-corrected chi connectivity index (χ4v) is 3.47. The third-order valence-corrected chi connectivity index (χ3v) is 5.27. The van der Waals surface area contributed by atoms with Crippen molar-refractivity contribution in [1.82, 2.24) is 0 Å². The van der Waals surface area contributed by atoms with E-state index in [1.165, 1.54) is 13.2 Å². The third-order valence-electron chi connectivity index (χ3n) is 5.27. The molecule has 0 atom stereocenters. The largest absolute Gasteiger partial charge is 0.505 e. The number of phenolic OH excluding ortho intramolecular Hbond substituents is 1. The highest BCUT2D eigenvalue weighted by atomic mass is 16.6. The van der Waals surface area contributed by atoms with Gasteiger partial charge in [-0.2, -0.15) is 0 Å². The average Bonchev–Trinajstić information content (AvgIpc) is 2.87. The summed E-state index contributed by atoms with van der Waals surface area (Å²) in [7, 11) is 1.52. The van der Waals surface area contributed by atoms with E-state index < -0.39 is 22.5 Å². The first kappa shape index (κ1) is 23.8. The molecule has 1 amide bonds. The maximum Gasteiger partial charge on any atom is 0.337 e. The molecule has 0 aromatic heterocycles. The van der Waals surface area contributed by atoms with Crippen LogP contribution in [-0.4, -0.2) is 34.1 Å². The van der Waals surface area contributed by atoms with Crippen LogP contribution in [0.25, 0.3) is 10.8 Å². The highest BCUT2D eigenvalue weighted by molar-refractivity contribution is 6.11. The average molecular weight is 486 g/mol. The lowest BCUT2D eigenvalue weighted by Gasteiger charge is -2.11. The van der Waals surface area contributed by atoms with E-state index in [-0.39, 0.29) is 28.2 Å². The van der Waals surface area contributed by atoms with Crippen molar-refractivity contribution < 1.29 is 29.5 Å². The van der Waals surface area contributed by atoms with Crippen LogP contribution < -0.4 is 10.1 Å². The first-order chi connectivity index (χ1) is 17.3. The van der Waals surface area contributed by atoms with Gasteiger partial charge in [0.25, 0.3) is 11.6 Å². The van der Waals surface area contributed by atoms with E-state index in [9.17, 15) is 29.9 Å². The van der Waals surface area contributed by atoms with Crippen molar-refractivity contribution in [3.8, 4) is 11.5 Å². The van der Waals surface area contributed by atoms with Gasteiger partial charge in [0, 0.05) is 23.2 Å². The Hall–Kier alpha value is -5.32. The molecule has 4 aromatic rings. The summed E-state index contributed by atoms with van der Waals surface area (Å²) in [4.78, 5) is 35.0. The molecule has 3 N–H and O–H groups in total. The summed E-state index contributed by atoms with van der Waals surface area (Å²) in [6.07, 6.45) is 0. The fourth-order valence-electron chi connectivity index (χ4n) is 3.47. The lowest BCUT2D eigenvalue weighted by Crippen LogP contribution is -2.12. The Morgan fingerprint density at radius 1 is 0.972 bits per heavy atom. The number of amides is 1. The van der Waals surface area contributed by atoms with Gasteiger partial charge in [0.2, 0.25) is 0 Å². The standard InChI is InChI=1S/C25H18N4O7/c1-36-17-9-6-15(7-10-17)26-24(31)20-12-14-4-2-3-5-18(14)22(23(20)30)28-27-21-13-16(29(34)35)8-11-19(21)25(32)33/h2-13,30H,1H3,(H,26,31)(H,32,33). The molecule has 36 heavy (non-hydrogen) atoms. The van der Waals surface area contributed by atoms with Gasteiger partial charge < -0.3 is 20.3 Å². The molecule has 0 aliphatic rings. The number of aromatic hydroxyl groups is 1. The maximum absolute atomic E-state index is 13.0. The summed E-state index contributed by atoms with van der Waals surface area (Å²) < 4.78 is 5.10. The minimum atomic E-state index is -1.36. The number of azo groups is 1. The molecule has 0 unspecified atom stereocenters. The SMILES string of the molecule is COc1ccc(NC(=O)c2cc3ccccc3c(N=Nc3cc([N+](=O)[O-])ccc3C(=O)O)c2O)cc1. The molecule has 0 saturated heterocycles. The lowest BCUT2D eigenvalue weighted by molar-refractivity contribution is -0.384. The predicted molar refractivity (Wildman–Crippen MR) is 131 cm³/mol. The van der Waals surface area contributed by atoms with Crippen LogP contribution in [0.3, 0.4) is 0 Å². The number of nitro groups is 1. The van der Waals surface area contributed by atoms with E-state index in [2.05, 4.69) is 15.5 Å². The number of anilines is 1. The van der Waals surface area contributed by atoms with Crippen LogP contribution >= 0.6 is 0 Å². The Balaban J connectivity index is 1.79. The highest BCUT2D eigenvalue weighted by Crippen LogP contribution is 2.40. The second kappa shape index (κ2) is 9.89. The molecule has 0 heterocycles. The van der Waals surface area contributed by atoms with Gasteiger partial charge in [-0.15, -0.1) is 10.2 Å². The van der Waals surface area contributed by atoms with Crippen molar-refractivity contribution in [1.29, 1.82) is 0 Å². The van der Waals surface area contributed by atoms with Gasteiger partial charge in [0.15, 0.2) is 5.75 Å². The number of non-ortho nitro benzene ring substituents is 1. The number of hydrogen-bond acceptors (Lipinski definition) is 8. The molecular weight excluding hydrogens is 468 g/mol. The Morgan fingerprint density at radius 2 is 1.69 bits per heavy atom. The zero-order valence-corrected chi connectivity index (χ0v) is 18.7. The van der Waals surface area contributed by atoms with Crippen molar-refractivity contribution in [2.75, 3.05) is 12.4 Å². The second-order valence-corrected chi connectivity index (χ2v) is 7.49. The summed E-state index contributed by atoms with van der Waals surface area (Å²) in [6, 6.07) is 17.9. The van der Waals surface area contributed by atoms with E-state index in [0.717, 1.165) is 18.2 Å². The molecule has 4 aromatic carbocycles. The second-order valence-electron chi connectivity index (χ2n) is 7.49. The topological polar surface area (TPSA) is 164 Å². The van der Waals surface area contributed by atoms with Gasteiger partial charge in [-0.3, -0.25) is 14.9 Å². The van der Waals surface area contributed by atoms with Crippen LogP contribution in [0.1, 0.15) is 20.7 Å². The van der Waals surface area contributed by atoms with Crippen molar-refractivity contribution in [3.05, 3.63) is 94.0 Å². The first-order valence-electron chi connectivity index (χ1n) is 10.4. The summed E-state index contributed by atoms with van der Waals surface area (Å²) >= 11 is 0. The molecule has 0 bridgehead atoms. The Bertz CT molecular complexity index is 1530. The van der Waals surface area contributed by atoms with E-state index in [4.69, 9.17) is 4.74 Å². The lowest BCUT2D eigenvalue weighted by atomic mass is 10.0. The molecule has 0 aliphatic carbocycles. The summed E-state index contributed by atoms with van der Waals surface area (Å²) in [5.41, 5.74) is -0.725. The number of ether oxygens (including phenoxy) is 1. The molecule has 0 aliphatic heterocycles. The quantitative estimate of drug-likeness (QED) is 0.168. The number of nitrogens with one attached hydrogen (secondary N) is 1. The zero-order chi connectivity index (χ0) is 25.8. The Morgan fingerprint density at radius 3 is 2.36 bits per heavy atom. The number of nitrogens with zero attached hydrogens (tertiary/aromatic N) is 3. The van der Waals surface area contributed by atoms with Crippen LogP contribution in [0.4, 0.5) is 22.7 Å². The minimum Gasteiger partial charge on any atom is -0.505 e. The monoisotopic (exact) mass is 486 g/mol. The zero-order valence-electron chi connectivity index (χ0n) is 18.7. The summed E-state index contributed by atoms with van der Waals surface area (Å²) in [5, 5.41) is 43.1. The minimum absolute atomic E-state index is 0.101. The molecule has 11 nitrogen and oxygen atoms in total. The number of carbonyl (C=O) groups excluding carboxylic acids is 1. The van der Waals surface area contributed by atoms with Crippen LogP contribution in [0.2, 0.25) is 0 Å². The summed E-state index contributed by atoms with van der Waals surface area (Å²) in [6.45, 7) is 0. The number of phenols is 1. The van der Waals surface area contributed by atoms with E-state index in [0.29, 0.717) is 22.2 Å². The van der Waals surface area contributed by atoms with Crippen LogP contribution in [0.15, 0.2) is 83.0 Å². The normalized spacial score (nSPS) is 10.9. The van der Waals surface area contributed by atoms with E-state index in [1.54, 1.807) is 48.5 Å². The van der Waals surface area contributed by atoms with Crippen LogP contribution in [-0.2, 0) is 0 Å². The van der Waals surface area contributed by atoms with Crippen molar-refractivity contribution in [2.24, 2.45) is 10.2 Å². The molecule has 0 fully saturated rings. The fraction of sp³-hybridized carbons (Fsp3) is 0.0400. The molecule has 0 saturated carbocycles. The molecule has 0 radical (unpaired) electrons. The third kappa shape index (κ3) is 4.80. The molecule has 0 spiro atoms. The Labute approximate surface area is 203 Å². The van der Waals surface area contributed by atoms with Crippen LogP contribution in [0.5, 0.6) is 11.5 Å². The predicted octanol–water partition coefficient (Wildman–Crippen LogP) is 5.83. The number of fused-ring (bicyclic) bond motifs is 1. The molecule has 4 rings (SSSR count). The van der Waals surface area contributed by atoms with E-state index >= 15 is 0 Å².